The van der Waals surface area contributed by atoms with Crippen LogP contribution in [-0.2, 0) is 24.3 Å². The molecule has 0 aromatic heterocycles. The molecule has 2 aliphatic heterocycles. The molecule has 40 heavy (non-hydrogen) atoms. The Hall–Kier alpha value is -2.56. The van der Waals surface area contributed by atoms with Gasteiger partial charge in [0.1, 0.15) is 17.2 Å². The Balaban J connectivity index is 1.54. The Bertz CT molecular complexity index is 1120. The Morgan fingerprint density at radius 1 is 1.07 bits per heavy atom. The van der Waals surface area contributed by atoms with E-state index < -0.39 is 44.5 Å². The fourth-order valence-electron chi connectivity index (χ4n) is 6.20. The van der Waals surface area contributed by atoms with E-state index in [-0.39, 0.29) is 17.9 Å². The van der Waals surface area contributed by atoms with Gasteiger partial charge in [0, 0.05) is 18.2 Å². The Morgan fingerprint density at radius 2 is 1.77 bits per heavy atom. The van der Waals surface area contributed by atoms with Gasteiger partial charge < -0.3 is 20.3 Å². The molecular formula is C29H46N4O6S. The number of fused-ring (bicyclic) bond motifs is 2. The summed E-state index contributed by atoms with van der Waals surface area (Å²) in [5.41, 5.74) is -1.29. The van der Waals surface area contributed by atoms with E-state index in [0.717, 1.165) is 44.9 Å². The van der Waals surface area contributed by atoms with Crippen LogP contribution >= 0.6 is 0 Å². The van der Waals surface area contributed by atoms with Crippen LogP contribution in [0.3, 0.4) is 0 Å². The van der Waals surface area contributed by atoms with Gasteiger partial charge in [-0.05, 0) is 72.1 Å². The molecule has 3 amide bonds. The summed E-state index contributed by atoms with van der Waals surface area (Å²) in [4.78, 5) is 41.6. The second kappa shape index (κ2) is 12.1. The number of hydrogen-bond donors (Lipinski definition) is 3. The molecule has 0 radical (unpaired) electrons. The van der Waals surface area contributed by atoms with Crippen molar-refractivity contribution >= 4 is 27.9 Å². The van der Waals surface area contributed by atoms with Crippen molar-refractivity contribution in [1.82, 2.24) is 20.3 Å². The molecule has 2 heterocycles. The van der Waals surface area contributed by atoms with Crippen molar-refractivity contribution in [1.29, 1.82) is 0 Å². The van der Waals surface area contributed by atoms with Crippen LogP contribution in [-0.4, -0.2) is 66.2 Å². The van der Waals surface area contributed by atoms with Crippen molar-refractivity contribution in [3.63, 3.8) is 0 Å². The lowest BCUT2D eigenvalue weighted by atomic mass is 10.0. The summed E-state index contributed by atoms with van der Waals surface area (Å²) in [6.07, 6.45) is 12.0. The largest absolute Gasteiger partial charge is 0.444 e. The topological polar surface area (TPSA) is 134 Å². The van der Waals surface area contributed by atoms with Crippen LogP contribution < -0.4 is 15.4 Å². The summed E-state index contributed by atoms with van der Waals surface area (Å²) >= 11 is 0. The monoisotopic (exact) mass is 578 g/mol. The summed E-state index contributed by atoms with van der Waals surface area (Å²) in [7, 11) is -3.77. The van der Waals surface area contributed by atoms with Crippen LogP contribution in [0.1, 0.15) is 97.8 Å². The van der Waals surface area contributed by atoms with Gasteiger partial charge in [-0.25, -0.2) is 13.2 Å². The zero-order chi connectivity index (χ0) is 29.1. The number of hydrogen-bond acceptors (Lipinski definition) is 7. The van der Waals surface area contributed by atoms with Crippen molar-refractivity contribution in [2.45, 2.75) is 126 Å². The maximum absolute atomic E-state index is 13.8. The number of ether oxygens (including phenoxy) is 1. The number of carbonyl (C=O) groups excluding carboxylic acids is 3. The molecule has 3 N–H and O–H groups in total. The number of alkyl carbamates (subject to hydrolysis) is 1. The molecule has 4 rings (SSSR count). The zero-order valence-corrected chi connectivity index (χ0v) is 25.0. The fourth-order valence-corrected chi connectivity index (χ4v) is 7.76. The van der Waals surface area contributed by atoms with Gasteiger partial charge in [-0.2, -0.15) is 0 Å². The van der Waals surface area contributed by atoms with E-state index in [1.165, 1.54) is 0 Å². The first kappa shape index (κ1) is 30.4. The summed E-state index contributed by atoms with van der Waals surface area (Å²) in [6, 6.07) is -1.10. The minimum absolute atomic E-state index is 0.166. The fraction of sp³-hybridized carbons (Fsp3) is 0.759. The molecule has 10 nitrogen and oxygen atoms in total. The first-order valence-electron chi connectivity index (χ1n) is 14.8. The molecule has 4 atom stereocenters. The van der Waals surface area contributed by atoms with E-state index in [1.807, 2.05) is 6.08 Å². The highest BCUT2D eigenvalue weighted by Crippen LogP contribution is 2.46. The van der Waals surface area contributed by atoms with E-state index >= 15 is 0 Å². The molecule has 11 heteroatoms. The minimum Gasteiger partial charge on any atom is -0.444 e. The molecule has 0 bridgehead atoms. The lowest BCUT2D eigenvalue weighted by Gasteiger charge is -2.33. The lowest BCUT2D eigenvalue weighted by Crippen LogP contribution is -2.55. The van der Waals surface area contributed by atoms with E-state index in [4.69, 9.17) is 4.74 Å². The quantitative estimate of drug-likeness (QED) is 0.434. The van der Waals surface area contributed by atoms with Crippen LogP contribution in [0.15, 0.2) is 24.4 Å². The van der Waals surface area contributed by atoms with E-state index in [1.54, 1.807) is 25.7 Å². The van der Waals surface area contributed by atoms with Crippen molar-refractivity contribution in [3.05, 3.63) is 24.4 Å². The van der Waals surface area contributed by atoms with Crippen LogP contribution in [0, 0.1) is 5.92 Å². The number of rotatable bonds is 4. The molecule has 0 unspecified atom stereocenters. The number of sulfonamides is 1. The molecule has 0 aromatic rings. The summed E-state index contributed by atoms with van der Waals surface area (Å²) in [5, 5.41) is 5.55. The van der Waals surface area contributed by atoms with Crippen LogP contribution in [0.2, 0.25) is 0 Å². The highest BCUT2D eigenvalue weighted by atomic mass is 32.2. The van der Waals surface area contributed by atoms with Crippen molar-refractivity contribution < 1.29 is 27.5 Å². The summed E-state index contributed by atoms with van der Waals surface area (Å²) in [5.74, 6) is -0.917. The number of allylic oxidation sites excluding steroid dienone is 1. The molecule has 1 saturated heterocycles. The maximum atomic E-state index is 13.8. The second-order valence-electron chi connectivity index (χ2n) is 12.8. The van der Waals surface area contributed by atoms with Gasteiger partial charge in [0.25, 0.3) is 5.91 Å². The van der Waals surface area contributed by atoms with Gasteiger partial charge in [-0.1, -0.05) is 44.4 Å². The van der Waals surface area contributed by atoms with Gasteiger partial charge in [-0.15, -0.1) is 0 Å². The van der Waals surface area contributed by atoms with E-state index in [9.17, 15) is 22.8 Å². The third-order valence-electron chi connectivity index (χ3n) is 8.44. The normalized spacial score (nSPS) is 31.2. The summed E-state index contributed by atoms with van der Waals surface area (Å²) in [6.45, 7) is 10.1. The zero-order valence-electron chi connectivity index (χ0n) is 24.2. The number of nitrogens with zero attached hydrogens (tertiary/aromatic N) is 1. The number of nitrogens with one attached hydrogen (secondary N) is 3. The third kappa shape index (κ3) is 7.19. The van der Waals surface area contributed by atoms with Crippen LogP contribution in [0.25, 0.3) is 0 Å². The molecular weight excluding hydrogens is 532 g/mol. The number of carbonyl (C=O) groups is 3. The highest BCUT2D eigenvalue weighted by Gasteiger charge is 2.60. The first-order valence-corrected chi connectivity index (χ1v) is 16.4. The van der Waals surface area contributed by atoms with Gasteiger partial charge in [-0.3, -0.25) is 14.3 Å². The predicted molar refractivity (Wildman–Crippen MR) is 153 cm³/mol. The summed E-state index contributed by atoms with van der Waals surface area (Å²) < 4.78 is 33.7. The molecule has 0 spiro atoms. The lowest BCUT2D eigenvalue weighted by molar-refractivity contribution is -0.134. The molecule has 0 aromatic carbocycles. The molecule has 4 aliphatic rings. The molecule has 2 saturated carbocycles. The highest BCUT2D eigenvalue weighted by molar-refractivity contribution is 7.90. The number of amides is 3. The second-order valence-corrected chi connectivity index (χ2v) is 14.7. The Kier molecular flexibility index (Phi) is 9.21. The smallest absolute Gasteiger partial charge is 0.408 e. The van der Waals surface area contributed by atoms with E-state index in [2.05, 4.69) is 28.0 Å². The van der Waals surface area contributed by atoms with Gasteiger partial charge in [0.15, 0.2) is 0 Å². The van der Waals surface area contributed by atoms with E-state index in [0.29, 0.717) is 44.3 Å². The molecule has 3 fully saturated rings. The van der Waals surface area contributed by atoms with Crippen LogP contribution in [0.5, 0.6) is 0 Å². The van der Waals surface area contributed by atoms with Crippen LogP contribution in [0.4, 0.5) is 4.79 Å². The average Bonchev–Trinajstić information content (AvgIpc) is 3.25. The van der Waals surface area contributed by atoms with Crippen molar-refractivity contribution in [2.75, 3.05) is 6.54 Å². The predicted octanol–water partition coefficient (Wildman–Crippen LogP) is 3.64. The minimum atomic E-state index is -3.77. The Morgan fingerprint density at radius 3 is 2.48 bits per heavy atom. The van der Waals surface area contributed by atoms with Gasteiger partial charge in [0.05, 0.1) is 11.3 Å². The maximum Gasteiger partial charge on any atom is 0.408 e. The third-order valence-corrected chi connectivity index (χ3v) is 10.3. The molecule has 2 aliphatic carbocycles. The Labute approximate surface area is 238 Å². The first-order chi connectivity index (χ1) is 18.8. The van der Waals surface area contributed by atoms with Gasteiger partial charge in [0.2, 0.25) is 15.9 Å². The van der Waals surface area contributed by atoms with Crippen molar-refractivity contribution in [2.24, 2.45) is 5.92 Å². The molecule has 224 valence electrons. The van der Waals surface area contributed by atoms with Crippen molar-refractivity contribution in [3.8, 4) is 0 Å². The average molecular weight is 579 g/mol. The SMILES string of the molecule is C=C1N[C@]2(C(=O)NS(=O)(=O)C3CCCC3)C[C@H]2/C=C\CCCCC[C@H](NC(=O)OC(C)(C)C)C(=O)N2CCC[C@@H]12. The standard InChI is InChI=1S/C29H46N4O6S/c1-20-24-17-12-18-33(24)25(34)23(30-27(36)39-28(2,3)4)16-9-7-5-6-8-13-21-19-29(21,31-20)26(35)32-40(37,38)22-14-10-11-15-22/h8,13,21-24,31H,1,5-7,9-12,14-19H2,2-4H3,(H,30,36)(H,32,35)/b13-8-/t21-,23+,24+,29-/m1/s1. The van der Waals surface area contributed by atoms with Gasteiger partial charge >= 0.3 is 6.09 Å².